The standard InChI is InChI=1S/C25H25FN2O/c26-22-12-14-23(15-13-22)27-16-18-28(19-17-27)25(29)24-9-5-4-8-21(24)11-10-20-6-2-1-3-7-20/h1-9,12-15H,10-11,16-19H2. The van der Waals surface area contributed by atoms with Gasteiger partial charge in [0.05, 0.1) is 0 Å². The van der Waals surface area contributed by atoms with E-state index in [1.807, 2.05) is 41.3 Å². The molecule has 148 valence electrons. The van der Waals surface area contributed by atoms with Crippen molar-refractivity contribution in [1.29, 1.82) is 0 Å². The molecule has 0 aliphatic carbocycles. The largest absolute Gasteiger partial charge is 0.368 e. The smallest absolute Gasteiger partial charge is 0.254 e. The fraction of sp³-hybridized carbons (Fsp3) is 0.240. The van der Waals surface area contributed by atoms with Crippen molar-refractivity contribution in [1.82, 2.24) is 4.90 Å². The Labute approximate surface area is 171 Å². The van der Waals surface area contributed by atoms with Gasteiger partial charge in [0.1, 0.15) is 5.82 Å². The molecule has 1 fully saturated rings. The zero-order valence-corrected chi connectivity index (χ0v) is 16.4. The molecule has 1 heterocycles. The van der Waals surface area contributed by atoms with Gasteiger partial charge in [-0.1, -0.05) is 48.5 Å². The van der Waals surface area contributed by atoms with Crippen molar-refractivity contribution in [2.75, 3.05) is 31.1 Å². The van der Waals surface area contributed by atoms with Crippen LogP contribution >= 0.6 is 0 Å². The quantitative estimate of drug-likeness (QED) is 0.639. The van der Waals surface area contributed by atoms with Crippen LogP contribution in [0.25, 0.3) is 0 Å². The van der Waals surface area contributed by atoms with Gasteiger partial charge in [0, 0.05) is 37.4 Å². The summed E-state index contributed by atoms with van der Waals surface area (Å²) in [5, 5.41) is 0. The van der Waals surface area contributed by atoms with Crippen LogP contribution in [0.3, 0.4) is 0 Å². The van der Waals surface area contributed by atoms with E-state index in [0.717, 1.165) is 42.7 Å². The summed E-state index contributed by atoms with van der Waals surface area (Å²) in [6, 6.07) is 24.9. The van der Waals surface area contributed by atoms with E-state index in [9.17, 15) is 9.18 Å². The second-order valence-corrected chi connectivity index (χ2v) is 7.40. The van der Waals surface area contributed by atoms with Crippen LogP contribution in [0.1, 0.15) is 21.5 Å². The van der Waals surface area contributed by atoms with E-state index in [-0.39, 0.29) is 11.7 Å². The molecule has 3 aromatic rings. The molecule has 0 aromatic heterocycles. The highest BCUT2D eigenvalue weighted by Gasteiger charge is 2.23. The van der Waals surface area contributed by atoms with Crippen molar-refractivity contribution in [3.8, 4) is 0 Å². The molecule has 0 N–H and O–H groups in total. The number of carbonyl (C=O) groups is 1. The van der Waals surface area contributed by atoms with Crippen molar-refractivity contribution >= 4 is 11.6 Å². The van der Waals surface area contributed by atoms with E-state index in [0.29, 0.717) is 13.1 Å². The van der Waals surface area contributed by atoms with E-state index in [1.165, 1.54) is 17.7 Å². The number of rotatable bonds is 5. The molecule has 1 aliphatic heterocycles. The van der Waals surface area contributed by atoms with Gasteiger partial charge in [0.15, 0.2) is 0 Å². The van der Waals surface area contributed by atoms with Crippen LogP contribution in [0.2, 0.25) is 0 Å². The lowest BCUT2D eigenvalue weighted by molar-refractivity contribution is 0.0745. The van der Waals surface area contributed by atoms with Crippen LogP contribution < -0.4 is 4.90 Å². The van der Waals surface area contributed by atoms with Crippen LogP contribution in [-0.2, 0) is 12.8 Å². The maximum atomic E-state index is 13.2. The summed E-state index contributed by atoms with van der Waals surface area (Å²) in [4.78, 5) is 17.3. The van der Waals surface area contributed by atoms with Gasteiger partial charge in [0.2, 0.25) is 0 Å². The zero-order chi connectivity index (χ0) is 20.1. The highest BCUT2D eigenvalue weighted by molar-refractivity contribution is 5.95. The highest BCUT2D eigenvalue weighted by Crippen LogP contribution is 2.20. The molecule has 0 radical (unpaired) electrons. The molecule has 0 spiro atoms. The van der Waals surface area contributed by atoms with Gasteiger partial charge in [-0.2, -0.15) is 0 Å². The molecule has 0 bridgehead atoms. The Morgan fingerprint density at radius 2 is 1.41 bits per heavy atom. The molecule has 1 aliphatic rings. The van der Waals surface area contributed by atoms with Crippen molar-refractivity contribution in [2.24, 2.45) is 0 Å². The normalized spacial score (nSPS) is 14.1. The molecule has 3 nitrogen and oxygen atoms in total. The molecule has 0 atom stereocenters. The molecular weight excluding hydrogens is 363 g/mol. The van der Waals surface area contributed by atoms with Gasteiger partial charge in [-0.3, -0.25) is 4.79 Å². The number of nitrogens with zero attached hydrogens (tertiary/aromatic N) is 2. The molecule has 1 amide bonds. The molecule has 29 heavy (non-hydrogen) atoms. The Hall–Kier alpha value is -3.14. The summed E-state index contributed by atoms with van der Waals surface area (Å²) in [6.07, 6.45) is 1.77. The number of halogens is 1. The average Bonchev–Trinajstić information content (AvgIpc) is 2.79. The monoisotopic (exact) mass is 388 g/mol. The van der Waals surface area contributed by atoms with E-state index in [1.54, 1.807) is 12.1 Å². The number of carbonyl (C=O) groups excluding carboxylic acids is 1. The second kappa shape index (κ2) is 8.91. The van der Waals surface area contributed by atoms with Gasteiger partial charge in [-0.15, -0.1) is 0 Å². The van der Waals surface area contributed by atoms with Crippen LogP contribution in [0.4, 0.5) is 10.1 Å². The first-order valence-electron chi connectivity index (χ1n) is 10.1. The third-order valence-corrected chi connectivity index (χ3v) is 5.53. The molecular formula is C25H25FN2O. The summed E-state index contributed by atoms with van der Waals surface area (Å²) in [6.45, 7) is 2.85. The highest BCUT2D eigenvalue weighted by atomic mass is 19.1. The Kier molecular flexibility index (Phi) is 5.89. The van der Waals surface area contributed by atoms with Gasteiger partial charge in [-0.05, 0) is 54.3 Å². The molecule has 4 rings (SSSR count). The number of aryl methyl sites for hydroxylation is 2. The first-order valence-corrected chi connectivity index (χ1v) is 10.1. The summed E-state index contributed by atoms with van der Waals surface area (Å²) in [5.74, 6) is -0.123. The van der Waals surface area contributed by atoms with Gasteiger partial charge < -0.3 is 9.80 Å². The minimum Gasteiger partial charge on any atom is -0.368 e. The first-order chi connectivity index (χ1) is 14.2. The Bertz CT molecular complexity index is 948. The van der Waals surface area contributed by atoms with Crippen molar-refractivity contribution in [3.05, 3.63) is 101 Å². The van der Waals surface area contributed by atoms with E-state index < -0.39 is 0 Å². The minimum absolute atomic E-state index is 0.104. The Balaban J connectivity index is 1.40. The predicted molar refractivity (Wildman–Crippen MR) is 115 cm³/mol. The molecule has 3 aromatic carbocycles. The predicted octanol–water partition coefficient (Wildman–Crippen LogP) is 4.57. The molecule has 1 saturated heterocycles. The van der Waals surface area contributed by atoms with Crippen molar-refractivity contribution in [2.45, 2.75) is 12.8 Å². The number of benzene rings is 3. The van der Waals surface area contributed by atoms with Crippen LogP contribution in [-0.4, -0.2) is 37.0 Å². The number of hydrogen-bond donors (Lipinski definition) is 0. The zero-order valence-electron chi connectivity index (χ0n) is 16.4. The molecule has 4 heteroatoms. The minimum atomic E-state index is -0.227. The third kappa shape index (κ3) is 4.65. The lowest BCUT2D eigenvalue weighted by atomic mass is 9.99. The summed E-state index contributed by atoms with van der Waals surface area (Å²) in [7, 11) is 0. The van der Waals surface area contributed by atoms with Gasteiger partial charge in [-0.25, -0.2) is 4.39 Å². The lowest BCUT2D eigenvalue weighted by Crippen LogP contribution is -2.49. The summed E-state index contributed by atoms with van der Waals surface area (Å²) in [5.41, 5.74) is 4.19. The Morgan fingerprint density at radius 1 is 0.759 bits per heavy atom. The fourth-order valence-electron chi connectivity index (χ4n) is 3.86. The van der Waals surface area contributed by atoms with Gasteiger partial charge >= 0.3 is 0 Å². The fourth-order valence-corrected chi connectivity index (χ4v) is 3.86. The van der Waals surface area contributed by atoms with E-state index in [4.69, 9.17) is 0 Å². The van der Waals surface area contributed by atoms with Crippen LogP contribution in [0.5, 0.6) is 0 Å². The topological polar surface area (TPSA) is 23.6 Å². The SMILES string of the molecule is O=C(c1ccccc1CCc1ccccc1)N1CCN(c2ccc(F)cc2)CC1. The first kappa shape index (κ1) is 19.2. The third-order valence-electron chi connectivity index (χ3n) is 5.53. The maximum Gasteiger partial charge on any atom is 0.254 e. The molecule has 0 saturated carbocycles. The second-order valence-electron chi connectivity index (χ2n) is 7.40. The summed E-state index contributed by atoms with van der Waals surface area (Å²) >= 11 is 0. The van der Waals surface area contributed by atoms with Gasteiger partial charge in [0.25, 0.3) is 5.91 Å². The van der Waals surface area contributed by atoms with Crippen molar-refractivity contribution in [3.63, 3.8) is 0 Å². The lowest BCUT2D eigenvalue weighted by Gasteiger charge is -2.36. The number of piperazine rings is 1. The van der Waals surface area contributed by atoms with Crippen molar-refractivity contribution < 1.29 is 9.18 Å². The van der Waals surface area contributed by atoms with E-state index >= 15 is 0 Å². The molecule has 0 unspecified atom stereocenters. The number of anilines is 1. The average molecular weight is 388 g/mol. The van der Waals surface area contributed by atoms with E-state index in [2.05, 4.69) is 23.1 Å². The maximum absolute atomic E-state index is 13.2. The number of hydrogen-bond acceptors (Lipinski definition) is 2. The Morgan fingerprint density at radius 3 is 2.14 bits per heavy atom. The van der Waals surface area contributed by atoms with Crippen LogP contribution in [0, 0.1) is 5.82 Å². The van der Waals surface area contributed by atoms with Crippen LogP contribution in [0.15, 0.2) is 78.9 Å². The summed E-state index contributed by atoms with van der Waals surface area (Å²) < 4.78 is 13.1. The number of amides is 1.